The summed E-state index contributed by atoms with van der Waals surface area (Å²) in [5, 5.41) is 0. The number of carbonyl (C=O) groups excluding carboxylic acids is 4. The topological polar surface area (TPSA) is 86.7 Å². The lowest BCUT2D eigenvalue weighted by molar-refractivity contribution is -0.161. The molecule has 0 N–H and O–H groups in total. The van der Waals surface area contributed by atoms with Crippen LogP contribution in [0.1, 0.15) is 142 Å². The second kappa shape index (κ2) is 22.5. The molecule has 0 aromatic carbocycles. The maximum absolute atomic E-state index is 11.7. The number of hydrogen-bond donors (Lipinski definition) is 0. The minimum absolute atomic E-state index is 0.272. The summed E-state index contributed by atoms with van der Waals surface area (Å²) in [5.74, 6) is -1.68. The van der Waals surface area contributed by atoms with E-state index in [0.717, 1.165) is 77.0 Å². The van der Waals surface area contributed by atoms with Crippen molar-refractivity contribution in [2.45, 2.75) is 142 Å². The summed E-state index contributed by atoms with van der Waals surface area (Å²) >= 11 is 0. The van der Waals surface area contributed by atoms with E-state index in [1.165, 1.54) is 12.8 Å². The van der Waals surface area contributed by atoms with Gasteiger partial charge < -0.3 is 9.47 Å². The van der Waals surface area contributed by atoms with Crippen LogP contribution in [-0.4, -0.2) is 23.9 Å². The van der Waals surface area contributed by atoms with Crippen LogP contribution in [0.3, 0.4) is 0 Å². The third-order valence-corrected chi connectivity index (χ3v) is 5.44. The first-order chi connectivity index (χ1) is 15.5. The lowest BCUT2D eigenvalue weighted by Crippen LogP contribution is -2.12. The zero-order valence-corrected chi connectivity index (χ0v) is 20.6. The lowest BCUT2D eigenvalue weighted by atomic mass is 10.1. The highest BCUT2D eigenvalue weighted by Gasteiger charge is 2.11. The van der Waals surface area contributed by atoms with Crippen LogP contribution in [0.15, 0.2) is 0 Å². The number of esters is 4. The quantitative estimate of drug-likeness (QED) is 0.106. The molecule has 186 valence electrons. The number of rotatable bonds is 21. The van der Waals surface area contributed by atoms with Crippen LogP contribution < -0.4 is 0 Å². The van der Waals surface area contributed by atoms with E-state index in [-0.39, 0.29) is 12.8 Å². The number of hydrogen-bond acceptors (Lipinski definition) is 6. The van der Waals surface area contributed by atoms with E-state index in [4.69, 9.17) is 9.47 Å². The SMILES string of the molecule is CCCCCCCC(=O)OC(=O)CCCCCCCCC(=O)OC(=O)CCCCCCC. The Kier molecular flexibility index (Phi) is 21.3. The van der Waals surface area contributed by atoms with Crippen LogP contribution in [0.5, 0.6) is 0 Å². The minimum atomic E-state index is -0.429. The van der Waals surface area contributed by atoms with Crippen molar-refractivity contribution >= 4 is 23.9 Å². The standard InChI is InChI=1S/C26H46O6/c1-3-5-7-11-15-19-23(27)31-25(29)21-17-13-9-10-14-18-22-26(30)32-24(28)20-16-12-8-6-4-2/h3-22H2,1-2H3. The molecule has 0 fully saturated rings. The van der Waals surface area contributed by atoms with Crippen LogP contribution >= 0.6 is 0 Å². The van der Waals surface area contributed by atoms with Gasteiger partial charge in [0.1, 0.15) is 0 Å². The Balaban J connectivity index is 3.50. The fourth-order valence-electron chi connectivity index (χ4n) is 3.45. The Morgan fingerprint density at radius 3 is 0.844 bits per heavy atom. The molecule has 0 saturated carbocycles. The van der Waals surface area contributed by atoms with Gasteiger partial charge in [-0.05, 0) is 25.7 Å². The van der Waals surface area contributed by atoms with Crippen LogP contribution in [-0.2, 0) is 28.7 Å². The van der Waals surface area contributed by atoms with Crippen LogP contribution in [0.2, 0.25) is 0 Å². The first kappa shape index (κ1) is 30.3. The first-order valence-electron chi connectivity index (χ1n) is 13.0. The highest BCUT2D eigenvalue weighted by Crippen LogP contribution is 2.11. The summed E-state index contributed by atoms with van der Waals surface area (Å²) in [5.41, 5.74) is 0. The zero-order valence-electron chi connectivity index (χ0n) is 20.6. The number of carbonyl (C=O) groups is 4. The monoisotopic (exact) mass is 454 g/mol. The van der Waals surface area contributed by atoms with E-state index in [9.17, 15) is 19.2 Å². The largest absolute Gasteiger partial charge is 0.393 e. The van der Waals surface area contributed by atoms with Gasteiger partial charge in [-0.2, -0.15) is 0 Å². The molecule has 0 aromatic rings. The van der Waals surface area contributed by atoms with Crippen LogP contribution in [0.4, 0.5) is 0 Å². The molecule has 0 unspecified atom stereocenters. The molecule has 0 radical (unpaired) electrons. The summed E-state index contributed by atoms with van der Waals surface area (Å²) in [6, 6.07) is 0. The maximum Gasteiger partial charge on any atom is 0.313 e. The van der Waals surface area contributed by atoms with Gasteiger partial charge in [0.15, 0.2) is 0 Å². The maximum atomic E-state index is 11.7. The fourth-order valence-corrected chi connectivity index (χ4v) is 3.45. The van der Waals surface area contributed by atoms with E-state index in [0.29, 0.717) is 25.7 Å². The third kappa shape index (κ3) is 21.5. The Morgan fingerprint density at radius 1 is 0.375 bits per heavy atom. The molecule has 0 spiro atoms. The summed E-state index contributed by atoms with van der Waals surface area (Å²) < 4.78 is 9.69. The van der Waals surface area contributed by atoms with Gasteiger partial charge in [-0.1, -0.05) is 90.9 Å². The number of ether oxygens (including phenoxy) is 2. The van der Waals surface area contributed by atoms with Crippen molar-refractivity contribution in [3.05, 3.63) is 0 Å². The van der Waals surface area contributed by atoms with Gasteiger partial charge in [-0.15, -0.1) is 0 Å². The molecule has 0 aliphatic carbocycles. The Bertz CT molecular complexity index is 468. The molecular formula is C26H46O6. The molecule has 0 bridgehead atoms. The molecule has 0 heterocycles. The lowest BCUT2D eigenvalue weighted by Gasteiger charge is -2.05. The van der Waals surface area contributed by atoms with E-state index < -0.39 is 23.9 Å². The van der Waals surface area contributed by atoms with E-state index in [2.05, 4.69) is 13.8 Å². The molecule has 32 heavy (non-hydrogen) atoms. The predicted octanol–water partition coefficient (Wildman–Crippen LogP) is 6.97. The zero-order chi connectivity index (χ0) is 23.9. The summed E-state index contributed by atoms with van der Waals surface area (Å²) in [4.78, 5) is 46.6. The minimum Gasteiger partial charge on any atom is -0.393 e. The van der Waals surface area contributed by atoms with Crippen molar-refractivity contribution < 1.29 is 28.7 Å². The molecule has 0 atom stereocenters. The van der Waals surface area contributed by atoms with Gasteiger partial charge in [-0.25, -0.2) is 0 Å². The predicted molar refractivity (Wildman–Crippen MR) is 126 cm³/mol. The second-order valence-corrected chi connectivity index (χ2v) is 8.64. The average molecular weight is 455 g/mol. The molecular weight excluding hydrogens is 408 g/mol. The van der Waals surface area contributed by atoms with Crippen LogP contribution in [0.25, 0.3) is 0 Å². The van der Waals surface area contributed by atoms with Crippen molar-refractivity contribution in [3.63, 3.8) is 0 Å². The Hall–Kier alpha value is -1.72. The summed E-state index contributed by atoms with van der Waals surface area (Å²) in [7, 11) is 0. The van der Waals surface area contributed by atoms with Crippen molar-refractivity contribution in [1.82, 2.24) is 0 Å². The Morgan fingerprint density at radius 2 is 0.594 bits per heavy atom. The summed E-state index contributed by atoms with van der Waals surface area (Å²) in [6.45, 7) is 4.29. The molecule has 6 nitrogen and oxygen atoms in total. The molecule has 0 saturated heterocycles. The van der Waals surface area contributed by atoms with Crippen molar-refractivity contribution in [3.8, 4) is 0 Å². The van der Waals surface area contributed by atoms with Crippen molar-refractivity contribution in [1.29, 1.82) is 0 Å². The molecule has 6 heteroatoms. The van der Waals surface area contributed by atoms with Crippen LogP contribution in [0, 0.1) is 0 Å². The number of unbranched alkanes of at least 4 members (excludes halogenated alkanes) is 13. The normalized spacial score (nSPS) is 10.7. The van der Waals surface area contributed by atoms with E-state index >= 15 is 0 Å². The van der Waals surface area contributed by atoms with Crippen molar-refractivity contribution in [2.75, 3.05) is 0 Å². The highest BCUT2D eigenvalue weighted by molar-refractivity contribution is 5.85. The van der Waals surface area contributed by atoms with Gasteiger partial charge in [0.05, 0.1) is 0 Å². The molecule has 0 amide bonds. The first-order valence-corrected chi connectivity index (χ1v) is 13.0. The average Bonchev–Trinajstić information content (AvgIpc) is 2.75. The molecule has 0 aliphatic heterocycles. The molecule has 0 rings (SSSR count). The Labute approximate surface area is 195 Å². The van der Waals surface area contributed by atoms with Gasteiger partial charge in [0.2, 0.25) is 0 Å². The summed E-state index contributed by atoms with van der Waals surface area (Å²) in [6.07, 6.45) is 16.8. The molecule has 0 aliphatic rings. The van der Waals surface area contributed by atoms with E-state index in [1.54, 1.807) is 0 Å². The smallest absolute Gasteiger partial charge is 0.313 e. The molecule has 0 aromatic heterocycles. The van der Waals surface area contributed by atoms with Gasteiger partial charge in [0.25, 0.3) is 0 Å². The van der Waals surface area contributed by atoms with Gasteiger partial charge in [0, 0.05) is 25.7 Å². The fraction of sp³-hybridized carbons (Fsp3) is 0.846. The van der Waals surface area contributed by atoms with Gasteiger partial charge in [-0.3, -0.25) is 19.2 Å². The highest BCUT2D eigenvalue weighted by atomic mass is 16.6. The third-order valence-electron chi connectivity index (χ3n) is 5.44. The van der Waals surface area contributed by atoms with Crippen molar-refractivity contribution in [2.24, 2.45) is 0 Å². The van der Waals surface area contributed by atoms with E-state index in [1.807, 2.05) is 0 Å². The van der Waals surface area contributed by atoms with Gasteiger partial charge >= 0.3 is 23.9 Å². The second-order valence-electron chi connectivity index (χ2n) is 8.64.